The van der Waals surface area contributed by atoms with Crippen molar-refractivity contribution < 1.29 is 19.2 Å². The summed E-state index contributed by atoms with van der Waals surface area (Å²) in [5.41, 5.74) is 7.11. The van der Waals surface area contributed by atoms with Gasteiger partial charge >= 0.3 is 0 Å². The van der Waals surface area contributed by atoms with Crippen LogP contribution in [0.25, 0.3) is 0 Å². The molecule has 4 atom stereocenters. The highest BCUT2D eigenvalue weighted by Gasteiger charge is 2.36. The first-order chi connectivity index (χ1) is 15.2. The first kappa shape index (κ1) is 25.8. The molecule has 0 aromatic heterocycles. The molecule has 1 amide bonds. The monoisotopic (exact) mass is 444 g/mol. The number of Topliss-reactive ketones (excluding diaryl/α,β-unsaturated/α-hetero) is 3. The highest BCUT2D eigenvalue weighted by atomic mass is 16.2. The highest BCUT2D eigenvalue weighted by molar-refractivity contribution is 6.04. The lowest BCUT2D eigenvalue weighted by Crippen LogP contribution is -2.50. The smallest absolute Gasteiger partial charge is 0.240 e. The van der Waals surface area contributed by atoms with E-state index in [1.807, 2.05) is 30.3 Å². The molecule has 0 aliphatic carbocycles. The van der Waals surface area contributed by atoms with Gasteiger partial charge in [0.25, 0.3) is 0 Å². The summed E-state index contributed by atoms with van der Waals surface area (Å²) in [4.78, 5) is 51.6. The maximum absolute atomic E-state index is 12.9. The van der Waals surface area contributed by atoms with E-state index in [-0.39, 0.29) is 35.7 Å². The van der Waals surface area contributed by atoms with Gasteiger partial charge < -0.3 is 21.3 Å². The van der Waals surface area contributed by atoms with Crippen molar-refractivity contribution in [2.75, 3.05) is 20.1 Å². The minimum absolute atomic E-state index is 0.0580. The molecule has 1 aromatic rings. The molecule has 0 bridgehead atoms. The van der Waals surface area contributed by atoms with Crippen molar-refractivity contribution in [3.63, 3.8) is 0 Å². The summed E-state index contributed by atoms with van der Waals surface area (Å²) in [6.45, 7) is 4.32. The van der Waals surface area contributed by atoms with Gasteiger partial charge in [0.2, 0.25) is 5.91 Å². The molecule has 176 valence electrons. The summed E-state index contributed by atoms with van der Waals surface area (Å²) in [5, 5.41) is 5.90. The molecule has 1 saturated heterocycles. The van der Waals surface area contributed by atoms with Crippen LogP contribution in [0.1, 0.15) is 45.1 Å². The second-order valence-corrected chi connectivity index (χ2v) is 8.50. The molecular weight excluding hydrogens is 408 g/mol. The fraction of sp³-hybridized carbons (Fsp3) is 0.583. The lowest BCUT2D eigenvalue weighted by Gasteiger charge is -2.27. The van der Waals surface area contributed by atoms with Crippen molar-refractivity contribution >= 4 is 23.3 Å². The number of benzene rings is 1. The third-order valence-corrected chi connectivity index (χ3v) is 6.09. The Morgan fingerprint density at radius 3 is 2.44 bits per heavy atom. The normalized spacial score (nSPS) is 18.8. The Morgan fingerprint density at radius 1 is 1.09 bits per heavy atom. The number of hydrogen-bond donors (Lipinski definition) is 3. The molecule has 1 aliphatic heterocycles. The summed E-state index contributed by atoms with van der Waals surface area (Å²) < 4.78 is 0. The Kier molecular flexibility index (Phi) is 10.2. The molecule has 1 aliphatic rings. The maximum Gasteiger partial charge on any atom is 0.240 e. The number of nitrogens with one attached hydrogen (secondary N) is 2. The molecule has 8 heteroatoms. The second-order valence-electron chi connectivity index (χ2n) is 8.50. The van der Waals surface area contributed by atoms with Gasteiger partial charge in [-0.2, -0.15) is 0 Å². The molecule has 4 N–H and O–H groups in total. The predicted molar refractivity (Wildman–Crippen MR) is 123 cm³/mol. The van der Waals surface area contributed by atoms with Crippen molar-refractivity contribution in [1.82, 2.24) is 15.5 Å². The number of nitrogens with two attached hydrogens (primary N) is 1. The van der Waals surface area contributed by atoms with E-state index in [0.29, 0.717) is 38.8 Å². The molecule has 0 saturated carbocycles. The lowest BCUT2D eigenvalue weighted by molar-refractivity contribution is -0.140. The Bertz CT molecular complexity index is 798. The average Bonchev–Trinajstić information content (AvgIpc) is 3.28. The summed E-state index contributed by atoms with van der Waals surface area (Å²) in [7, 11) is 1.72. The Balaban J connectivity index is 1.84. The number of rotatable bonds is 13. The molecule has 0 unspecified atom stereocenters. The zero-order valence-corrected chi connectivity index (χ0v) is 19.3. The first-order valence-electron chi connectivity index (χ1n) is 11.3. The standard InChI is InChI=1S/C24H36N4O4/c1-16(26-3)21(29)11-12-27-17(2)22(30)15-23(31)20-10-7-13-28(20)24(32)19(25)14-18-8-5-4-6-9-18/h4-6,8-9,16-17,19-20,26-27H,7,10-15,25H2,1-3H3/t16-,17-,19-,20-/m0/s1. The number of ketones is 3. The van der Waals surface area contributed by atoms with E-state index < -0.39 is 18.1 Å². The average molecular weight is 445 g/mol. The van der Waals surface area contributed by atoms with Gasteiger partial charge in [0.05, 0.1) is 30.6 Å². The van der Waals surface area contributed by atoms with Gasteiger partial charge in [-0.15, -0.1) is 0 Å². The molecule has 1 heterocycles. The van der Waals surface area contributed by atoms with E-state index in [2.05, 4.69) is 10.6 Å². The largest absolute Gasteiger partial charge is 0.331 e. The zero-order valence-electron chi connectivity index (χ0n) is 19.3. The summed E-state index contributed by atoms with van der Waals surface area (Å²) in [5.74, 6) is -0.679. The topological polar surface area (TPSA) is 122 Å². The molecule has 0 radical (unpaired) electrons. The van der Waals surface area contributed by atoms with Crippen LogP contribution in [-0.4, -0.2) is 72.5 Å². The van der Waals surface area contributed by atoms with E-state index in [9.17, 15) is 19.2 Å². The SMILES string of the molecule is CN[C@@H](C)C(=O)CCN[C@@H](C)C(=O)CC(=O)[C@@H]1CCCN1C(=O)[C@@H](N)Cc1ccccc1. The minimum Gasteiger partial charge on any atom is -0.331 e. The third-order valence-electron chi connectivity index (χ3n) is 6.09. The van der Waals surface area contributed by atoms with Crippen molar-refractivity contribution in [3.8, 4) is 0 Å². The van der Waals surface area contributed by atoms with Crippen LogP contribution in [0.4, 0.5) is 0 Å². The zero-order chi connectivity index (χ0) is 23.7. The summed E-state index contributed by atoms with van der Waals surface area (Å²) in [6, 6.07) is 7.43. The van der Waals surface area contributed by atoms with Crippen LogP contribution in [0.15, 0.2) is 30.3 Å². The van der Waals surface area contributed by atoms with Gasteiger partial charge in [0, 0.05) is 19.5 Å². The number of nitrogens with zero attached hydrogens (tertiary/aromatic N) is 1. The van der Waals surface area contributed by atoms with Crippen LogP contribution in [0, 0.1) is 0 Å². The van der Waals surface area contributed by atoms with Crippen LogP contribution in [0.2, 0.25) is 0 Å². The number of carbonyl (C=O) groups is 4. The van der Waals surface area contributed by atoms with E-state index in [0.717, 1.165) is 5.56 Å². The minimum atomic E-state index is -0.723. The fourth-order valence-electron chi connectivity index (χ4n) is 3.88. The first-order valence-corrected chi connectivity index (χ1v) is 11.3. The molecular formula is C24H36N4O4. The Labute approximate surface area is 190 Å². The quantitative estimate of drug-likeness (QED) is 0.381. The molecule has 0 spiro atoms. The van der Waals surface area contributed by atoms with Crippen LogP contribution >= 0.6 is 0 Å². The van der Waals surface area contributed by atoms with Gasteiger partial charge in [-0.1, -0.05) is 30.3 Å². The van der Waals surface area contributed by atoms with E-state index in [1.54, 1.807) is 25.8 Å². The lowest BCUT2D eigenvalue weighted by atomic mass is 10.0. The molecule has 32 heavy (non-hydrogen) atoms. The predicted octanol–water partition coefficient (Wildman–Crippen LogP) is 0.621. The summed E-state index contributed by atoms with van der Waals surface area (Å²) in [6.07, 6.45) is 1.74. The van der Waals surface area contributed by atoms with Crippen LogP contribution < -0.4 is 16.4 Å². The van der Waals surface area contributed by atoms with Crippen LogP contribution in [0.5, 0.6) is 0 Å². The maximum atomic E-state index is 12.9. The molecule has 2 rings (SSSR count). The van der Waals surface area contributed by atoms with Crippen molar-refractivity contribution in [2.45, 2.75) is 70.1 Å². The third kappa shape index (κ3) is 7.32. The Morgan fingerprint density at radius 2 is 1.78 bits per heavy atom. The van der Waals surface area contributed by atoms with E-state index in [4.69, 9.17) is 5.73 Å². The van der Waals surface area contributed by atoms with E-state index >= 15 is 0 Å². The number of likely N-dealkylation sites (N-methyl/N-ethyl adjacent to an activating group) is 1. The molecule has 8 nitrogen and oxygen atoms in total. The van der Waals surface area contributed by atoms with Crippen molar-refractivity contribution in [2.24, 2.45) is 5.73 Å². The second kappa shape index (κ2) is 12.6. The number of likely N-dealkylation sites (tertiary alicyclic amines) is 1. The van der Waals surface area contributed by atoms with Crippen LogP contribution in [0.3, 0.4) is 0 Å². The molecule has 1 aromatic carbocycles. The number of hydrogen-bond acceptors (Lipinski definition) is 7. The number of amides is 1. The van der Waals surface area contributed by atoms with Gasteiger partial charge in [-0.25, -0.2) is 0 Å². The van der Waals surface area contributed by atoms with E-state index in [1.165, 1.54) is 0 Å². The van der Waals surface area contributed by atoms with Crippen molar-refractivity contribution in [3.05, 3.63) is 35.9 Å². The Hall–Kier alpha value is -2.42. The number of carbonyl (C=O) groups excluding carboxylic acids is 4. The van der Waals surface area contributed by atoms with Crippen molar-refractivity contribution in [1.29, 1.82) is 0 Å². The van der Waals surface area contributed by atoms with Crippen LogP contribution in [-0.2, 0) is 25.6 Å². The van der Waals surface area contributed by atoms with Gasteiger partial charge in [0.15, 0.2) is 17.3 Å². The van der Waals surface area contributed by atoms with Gasteiger partial charge in [-0.3, -0.25) is 19.2 Å². The fourth-order valence-corrected chi connectivity index (χ4v) is 3.88. The molecule has 1 fully saturated rings. The summed E-state index contributed by atoms with van der Waals surface area (Å²) >= 11 is 0. The van der Waals surface area contributed by atoms with Gasteiger partial charge in [-0.05, 0) is 45.7 Å². The van der Waals surface area contributed by atoms with Gasteiger partial charge in [0.1, 0.15) is 0 Å². The highest BCUT2D eigenvalue weighted by Crippen LogP contribution is 2.21.